The van der Waals surface area contributed by atoms with Crippen LogP contribution in [0.5, 0.6) is 11.5 Å². The van der Waals surface area contributed by atoms with Gasteiger partial charge in [-0.15, -0.1) is 0 Å². The van der Waals surface area contributed by atoms with Crippen molar-refractivity contribution >= 4 is 16.1 Å². The summed E-state index contributed by atoms with van der Waals surface area (Å²) in [4.78, 5) is 14.1. The maximum Gasteiger partial charge on any atom is 0.315 e. The first kappa shape index (κ1) is 25.1. The molecule has 4 aromatic rings. The molecule has 8 rings (SSSR count). The number of fused-ring (bicyclic) bond motifs is 2. The maximum absolute atomic E-state index is 14.4. The van der Waals surface area contributed by atoms with Crippen LogP contribution in [0.25, 0.3) is 0 Å². The molecule has 0 spiro atoms. The molecule has 0 saturated heterocycles. The van der Waals surface area contributed by atoms with Gasteiger partial charge in [-0.25, -0.2) is 8.42 Å². The molecule has 4 aliphatic rings. The van der Waals surface area contributed by atoms with Crippen LogP contribution in [0.15, 0.2) is 89.8 Å². The van der Waals surface area contributed by atoms with Crippen LogP contribution in [0, 0.1) is 5.92 Å². The third-order valence-electron chi connectivity index (χ3n) is 8.93. The zero-order valence-electron chi connectivity index (χ0n) is 21.6. The molecule has 0 heterocycles. The Balaban J connectivity index is 1.39. The maximum atomic E-state index is 14.4. The highest BCUT2D eigenvalue weighted by atomic mass is 32.2. The zero-order chi connectivity index (χ0) is 27.6. The molecule has 0 aliphatic heterocycles. The van der Waals surface area contributed by atoms with Gasteiger partial charge in [-0.3, -0.25) is 4.79 Å². The second-order valence-corrected chi connectivity index (χ2v) is 12.3. The van der Waals surface area contributed by atoms with Crippen LogP contribution in [0.4, 0.5) is 0 Å². The number of hydrogen-bond acceptors (Lipinski definition) is 6. The number of rotatable bonds is 4. The average Bonchev–Trinajstić information content (AvgIpc) is 2.96. The van der Waals surface area contributed by atoms with Crippen LogP contribution in [0.2, 0.25) is 0 Å². The number of phenolic OH excluding ortho intramolecular Hbond substituents is 1. The Morgan fingerprint density at radius 2 is 1.25 bits per heavy atom. The highest BCUT2D eigenvalue weighted by molar-refractivity contribution is 7.85. The lowest BCUT2D eigenvalue weighted by Gasteiger charge is -2.49. The van der Waals surface area contributed by atoms with Crippen molar-refractivity contribution in [3.05, 3.63) is 124 Å². The molecule has 1 N–H and O–H groups in total. The van der Waals surface area contributed by atoms with Crippen molar-refractivity contribution in [2.75, 3.05) is 0 Å². The summed E-state index contributed by atoms with van der Waals surface area (Å²) in [5.41, 5.74) is 6.22. The van der Waals surface area contributed by atoms with Crippen LogP contribution < -0.4 is 4.74 Å². The second-order valence-electron chi connectivity index (χ2n) is 10.9. The van der Waals surface area contributed by atoms with Crippen LogP contribution >= 0.6 is 0 Å². The third kappa shape index (κ3) is 3.79. The van der Waals surface area contributed by atoms with Gasteiger partial charge >= 0.3 is 5.97 Å². The minimum absolute atomic E-state index is 0.134. The fourth-order valence-electron chi connectivity index (χ4n) is 7.41. The van der Waals surface area contributed by atoms with Crippen LogP contribution in [-0.2, 0) is 27.8 Å². The van der Waals surface area contributed by atoms with E-state index in [0.29, 0.717) is 35.3 Å². The van der Waals surface area contributed by atoms with Gasteiger partial charge in [0, 0.05) is 17.8 Å². The number of carbonyl (C=O) groups excluding carboxylic acids is 1. The van der Waals surface area contributed by atoms with E-state index >= 15 is 0 Å². The molecule has 4 aromatic carbocycles. The first-order valence-corrected chi connectivity index (χ1v) is 15.0. The largest absolute Gasteiger partial charge is 0.744 e. The van der Waals surface area contributed by atoms with Crippen molar-refractivity contribution in [2.24, 2.45) is 5.92 Å². The summed E-state index contributed by atoms with van der Waals surface area (Å²) in [5.74, 6) is -1.44. The lowest BCUT2D eigenvalue weighted by molar-refractivity contribution is -0.141. The Kier molecular flexibility index (Phi) is 5.84. The fraction of sp³-hybridized carbons (Fsp3) is 0.242. The van der Waals surface area contributed by atoms with Crippen LogP contribution in [0.3, 0.4) is 0 Å². The van der Waals surface area contributed by atoms with Gasteiger partial charge in [-0.05, 0) is 82.8 Å². The van der Waals surface area contributed by atoms with Crippen LogP contribution in [-0.4, -0.2) is 24.0 Å². The van der Waals surface area contributed by atoms with E-state index in [-0.39, 0.29) is 28.4 Å². The van der Waals surface area contributed by atoms with E-state index in [1.54, 1.807) is 12.1 Å². The molecule has 7 heteroatoms. The summed E-state index contributed by atoms with van der Waals surface area (Å²) in [6.45, 7) is 0. The van der Waals surface area contributed by atoms with Gasteiger partial charge in [-0.2, -0.15) is 0 Å². The number of ether oxygens (including phenoxy) is 1. The van der Waals surface area contributed by atoms with E-state index in [1.165, 1.54) is 12.1 Å². The number of aromatic hydroxyl groups is 1. The Bertz CT molecular complexity index is 1730. The smallest absolute Gasteiger partial charge is 0.315 e. The molecule has 202 valence electrons. The molecule has 0 radical (unpaired) electrons. The molecule has 2 unspecified atom stereocenters. The predicted octanol–water partition coefficient (Wildman–Crippen LogP) is 5.77. The summed E-state index contributed by atoms with van der Waals surface area (Å²) in [6.07, 6.45) is 2.57. The summed E-state index contributed by atoms with van der Waals surface area (Å²) in [5, 5.41) is 11.0. The second kappa shape index (κ2) is 9.32. The molecular formula is C33H27O6S-. The van der Waals surface area contributed by atoms with E-state index in [2.05, 4.69) is 24.3 Å². The van der Waals surface area contributed by atoms with Crippen molar-refractivity contribution in [1.82, 2.24) is 0 Å². The molecule has 0 saturated carbocycles. The number of para-hydroxylation sites is 1. The molecule has 0 fully saturated rings. The van der Waals surface area contributed by atoms with Crippen molar-refractivity contribution < 1.29 is 27.6 Å². The van der Waals surface area contributed by atoms with Gasteiger partial charge in [0.25, 0.3) is 0 Å². The number of esters is 1. The normalized spacial score (nSPS) is 22.6. The van der Waals surface area contributed by atoms with Crippen molar-refractivity contribution in [3.8, 4) is 11.5 Å². The standard InChI is InChI=1S/C33H28O6S/c34-26-16-8-7-15-25(26)31-29-21-11-3-5-13-23(21)30(24-14-6-4-12-22(24)29)32(31)33(35)39-27-17-18-28(40(36,37)38)20-10-2-1-9-19(20)27/h3-8,11-18,29-32,34H,1-2,9-10H2,(H,36,37,38)/p-1. The Hall–Kier alpha value is -3.94. The molecule has 6 nitrogen and oxygen atoms in total. The quantitative estimate of drug-likeness (QED) is 0.196. The van der Waals surface area contributed by atoms with Crippen molar-refractivity contribution in [3.63, 3.8) is 0 Å². The highest BCUT2D eigenvalue weighted by Gasteiger charge is 2.54. The number of phenols is 1. The lowest BCUT2D eigenvalue weighted by Crippen LogP contribution is -2.44. The minimum atomic E-state index is -4.65. The lowest BCUT2D eigenvalue weighted by atomic mass is 9.53. The summed E-state index contributed by atoms with van der Waals surface area (Å²) >= 11 is 0. The first-order chi connectivity index (χ1) is 19.3. The van der Waals surface area contributed by atoms with Gasteiger partial charge in [-0.1, -0.05) is 66.7 Å². The van der Waals surface area contributed by atoms with E-state index in [1.807, 2.05) is 36.4 Å². The molecular weight excluding hydrogens is 524 g/mol. The monoisotopic (exact) mass is 551 g/mol. The Morgan fingerprint density at radius 3 is 1.82 bits per heavy atom. The van der Waals surface area contributed by atoms with Gasteiger partial charge < -0.3 is 14.4 Å². The highest BCUT2D eigenvalue weighted by Crippen LogP contribution is 2.62. The summed E-state index contributed by atoms with van der Waals surface area (Å²) in [7, 11) is -4.65. The summed E-state index contributed by atoms with van der Waals surface area (Å²) in [6, 6.07) is 26.2. The van der Waals surface area contributed by atoms with Crippen LogP contribution in [0.1, 0.15) is 69.5 Å². The van der Waals surface area contributed by atoms with Crippen molar-refractivity contribution in [1.29, 1.82) is 0 Å². The summed E-state index contributed by atoms with van der Waals surface area (Å²) < 4.78 is 42.0. The Morgan fingerprint density at radius 1 is 0.725 bits per heavy atom. The van der Waals surface area contributed by atoms with E-state index in [4.69, 9.17) is 4.74 Å². The molecule has 0 amide bonds. The topological polar surface area (TPSA) is 104 Å². The predicted molar refractivity (Wildman–Crippen MR) is 148 cm³/mol. The average molecular weight is 552 g/mol. The van der Waals surface area contributed by atoms with E-state index in [9.17, 15) is 22.9 Å². The minimum Gasteiger partial charge on any atom is -0.744 e. The first-order valence-electron chi connectivity index (χ1n) is 13.6. The fourth-order valence-corrected chi connectivity index (χ4v) is 8.17. The van der Waals surface area contributed by atoms with Gasteiger partial charge in [0.1, 0.15) is 21.6 Å². The Labute approximate surface area is 233 Å². The van der Waals surface area contributed by atoms with Gasteiger partial charge in [0.2, 0.25) is 0 Å². The van der Waals surface area contributed by atoms with Gasteiger partial charge in [0.15, 0.2) is 0 Å². The molecule has 2 bridgehead atoms. The molecule has 0 aromatic heterocycles. The number of hydrogen-bond donors (Lipinski definition) is 1. The van der Waals surface area contributed by atoms with Gasteiger partial charge in [0.05, 0.1) is 10.8 Å². The number of carbonyl (C=O) groups is 1. The number of benzene rings is 4. The third-order valence-corrected chi connectivity index (χ3v) is 9.86. The van der Waals surface area contributed by atoms with E-state index < -0.39 is 22.0 Å². The zero-order valence-corrected chi connectivity index (χ0v) is 22.4. The molecule has 4 aliphatic carbocycles. The molecule has 40 heavy (non-hydrogen) atoms. The van der Waals surface area contributed by atoms with Crippen molar-refractivity contribution in [2.45, 2.75) is 48.3 Å². The molecule has 2 atom stereocenters. The van der Waals surface area contributed by atoms with E-state index in [0.717, 1.165) is 35.1 Å². The SMILES string of the molecule is O=C(Oc1ccc(S(=O)(=O)[O-])c2c1CCCC2)C1C2c3ccccc3C(c3ccccc32)C1c1ccccc1O.